The average molecular weight is 373 g/mol. The second-order valence-corrected chi connectivity index (χ2v) is 6.90. The first-order valence-electron chi connectivity index (χ1n) is 7.89. The molecule has 0 saturated carbocycles. The number of fused-ring (bicyclic) bond motifs is 2. The van der Waals surface area contributed by atoms with Gasteiger partial charge < -0.3 is 4.74 Å². The van der Waals surface area contributed by atoms with E-state index in [-0.39, 0.29) is 0 Å². The molecule has 2 heteroatoms. The van der Waals surface area contributed by atoms with Crippen LogP contribution in [0.15, 0.2) is 83.3 Å². The summed E-state index contributed by atoms with van der Waals surface area (Å²) in [6.45, 7) is 0. The van der Waals surface area contributed by atoms with E-state index >= 15 is 0 Å². The van der Waals surface area contributed by atoms with E-state index in [1.807, 2.05) is 18.2 Å². The number of benzene rings is 4. The van der Waals surface area contributed by atoms with Gasteiger partial charge in [-0.05, 0) is 52.4 Å². The lowest BCUT2D eigenvalue weighted by Crippen LogP contribution is -1.97. The van der Waals surface area contributed by atoms with Crippen molar-refractivity contribution in [3.05, 3.63) is 83.3 Å². The van der Waals surface area contributed by atoms with Crippen LogP contribution in [0.1, 0.15) is 0 Å². The number of rotatable bonds is 1. The topological polar surface area (TPSA) is 9.23 Å². The zero-order valence-corrected chi connectivity index (χ0v) is 14.4. The molecule has 0 atom stereocenters. The van der Waals surface area contributed by atoms with Gasteiger partial charge in [-0.2, -0.15) is 0 Å². The number of hydrogen-bond acceptors (Lipinski definition) is 1. The minimum Gasteiger partial charge on any atom is -0.456 e. The minimum absolute atomic E-state index is 0.917. The van der Waals surface area contributed by atoms with Crippen LogP contribution in [-0.2, 0) is 0 Å². The van der Waals surface area contributed by atoms with Gasteiger partial charge in [-0.3, -0.25) is 0 Å². The van der Waals surface area contributed by atoms with Crippen molar-refractivity contribution >= 4 is 26.7 Å². The average Bonchev–Trinajstić information content (AvgIpc) is 2.62. The fourth-order valence-electron chi connectivity index (χ4n) is 3.41. The zero-order valence-electron chi connectivity index (χ0n) is 12.8. The largest absolute Gasteiger partial charge is 0.456 e. The summed E-state index contributed by atoms with van der Waals surface area (Å²) in [6, 6.07) is 27.4. The molecule has 114 valence electrons. The van der Waals surface area contributed by atoms with Gasteiger partial charge in [0.15, 0.2) is 0 Å². The standard InChI is InChI=1S/C22H13BrO/c23-17-7-1-6-15(12-17)16-10-11-20-19(13-16)18-8-2-4-14-5-3-9-21(24-20)22(14)18/h1-13H. The van der Waals surface area contributed by atoms with E-state index in [4.69, 9.17) is 4.74 Å². The first-order valence-corrected chi connectivity index (χ1v) is 8.69. The van der Waals surface area contributed by atoms with E-state index in [0.717, 1.165) is 21.5 Å². The summed E-state index contributed by atoms with van der Waals surface area (Å²) in [5, 5.41) is 2.41. The summed E-state index contributed by atoms with van der Waals surface area (Å²) < 4.78 is 7.24. The molecule has 0 aromatic heterocycles. The van der Waals surface area contributed by atoms with E-state index in [9.17, 15) is 0 Å². The van der Waals surface area contributed by atoms with Crippen molar-refractivity contribution in [2.24, 2.45) is 0 Å². The van der Waals surface area contributed by atoms with Crippen molar-refractivity contribution in [3.8, 4) is 33.8 Å². The van der Waals surface area contributed by atoms with Crippen LogP contribution in [0.25, 0.3) is 33.0 Å². The smallest absolute Gasteiger partial charge is 0.135 e. The number of ether oxygens (including phenoxy) is 1. The Labute approximate surface area is 148 Å². The van der Waals surface area contributed by atoms with Gasteiger partial charge in [0, 0.05) is 15.4 Å². The highest BCUT2D eigenvalue weighted by Crippen LogP contribution is 2.47. The van der Waals surface area contributed by atoms with Crippen LogP contribution in [0.2, 0.25) is 0 Å². The quantitative estimate of drug-likeness (QED) is 0.306. The van der Waals surface area contributed by atoms with Gasteiger partial charge in [-0.25, -0.2) is 0 Å². The fraction of sp³-hybridized carbons (Fsp3) is 0. The lowest BCUT2D eigenvalue weighted by Gasteiger charge is -2.22. The number of halogens is 1. The highest BCUT2D eigenvalue weighted by atomic mass is 79.9. The molecule has 0 saturated heterocycles. The Morgan fingerprint density at radius 1 is 0.625 bits per heavy atom. The van der Waals surface area contributed by atoms with Gasteiger partial charge in [0.25, 0.3) is 0 Å². The van der Waals surface area contributed by atoms with Crippen molar-refractivity contribution in [2.75, 3.05) is 0 Å². The summed E-state index contributed by atoms with van der Waals surface area (Å²) in [5.74, 6) is 1.85. The maximum atomic E-state index is 6.15. The monoisotopic (exact) mass is 372 g/mol. The molecule has 1 aliphatic rings. The fourth-order valence-corrected chi connectivity index (χ4v) is 3.81. The zero-order chi connectivity index (χ0) is 16.1. The first kappa shape index (κ1) is 13.8. The second-order valence-electron chi connectivity index (χ2n) is 5.98. The molecule has 4 aromatic rings. The predicted molar refractivity (Wildman–Crippen MR) is 103 cm³/mol. The van der Waals surface area contributed by atoms with Crippen molar-refractivity contribution in [1.29, 1.82) is 0 Å². The molecule has 0 spiro atoms. The Bertz CT molecular complexity index is 1090. The Morgan fingerprint density at radius 2 is 1.42 bits per heavy atom. The van der Waals surface area contributed by atoms with Crippen molar-refractivity contribution in [3.63, 3.8) is 0 Å². The van der Waals surface area contributed by atoms with Crippen LogP contribution < -0.4 is 4.74 Å². The van der Waals surface area contributed by atoms with Gasteiger partial charge in [-0.15, -0.1) is 0 Å². The van der Waals surface area contributed by atoms with E-state index < -0.39 is 0 Å². The van der Waals surface area contributed by atoms with Crippen molar-refractivity contribution in [1.82, 2.24) is 0 Å². The molecule has 4 aromatic carbocycles. The lowest BCUT2D eigenvalue weighted by molar-refractivity contribution is 0.487. The van der Waals surface area contributed by atoms with Crippen LogP contribution in [-0.4, -0.2) is 0 Å². The molecule has 0 fully saturated rings. The Kier molecular flexibility index (Phi) is 3.00. The summed E-state index contributed by atoms with van der Waals surface area (Å²) in [5.41, 5.74) is 4.77. The normalized spacial score (nSPS) is 11.9. The Morgan fingerprint density at radius 3 is 2.29 bits per heavy atom. The van der Waals surface area contributed by atoms with E-state index in [1.165, 1.54) is 27.5 Å². The minimum atomic E-state index is 0.917. The molecule has 5 rings (SSSR count). The second kappa shape index (κ2) is 5.22. The molecule has 0 unspecified atom stereocenters. The van der Waals surface area contributed by atoms with Crippen LogP contribution in [0.4, 0.5) is 0 Å². The molecular formula is C22H13BrO. The summed E-state index contributed by atoms with van der Waals surface area (Å²) in [4.78, 5) is 0. The molecular weight excluding hydrogens is 360 g/mol. The van der Waals surface area contributed by atoms with Crippen LogP contribution in [0.5, 0.6) is 11.5 Å². The third-order valence-corrected chi connectivity index (χ3v) is 5.01. The summed E-state index contributed by atoms with van der Waals surface area (Å²) >= 11 is 3.55. The van der Waals surface area contributed by atoms with Crippen LogP contribution >= 0.6 is 15.9 Å². The van der Waals surface area contributed by atoms with Crippen molar-refractivity contribution < 1.29 is 4.74 Å². The van der Waals surface area contributed by atoms with Crippen LogP contribution in [0.3, 0.4) is 0 Å². The Hall–Kier alpha value is -2.58. The van der Waals surface area contributed by atoms with Crippen LogP contribution in [0, 0.1) is 0 Å². The Balaban J connectivity index is 1.77. The van der Waals surface area contributed by atoms with Gasteiger partial charge in [0.05, 0.1) is 0 Å². The van der Waals surface area contributed by atoms with Gasteiger partial charge in [0.1, 0.15) is 11.5 Å². The summed E-state index contributed by atoms with van der Waals surface area (Å²) in [7, 11) is 0. The highest BCUT2D eigenvalue weighted by Gasteiger charge is 2.20. The molecule has 1 nitrogen and oxygen atoms in total. The maximum Gasteiger partial charge on any atom is 0.135 e. The first-order chi connectivity index (χ1) is 11.8. The number of hydrogen-bond donors (Lipinski definition) is 0. The molecule has 0 radical (unpaired) electrons. The van der Waals surface area contributed by atoms with Gasteiger partial charge in [0.2, 0.25) is 0 Å². The molecule has 24 heavy (non-hydrogen) atoms. The third-order valence-electron chi connectivity index (χ3n) is 4.51. The summed E-state index contributed by atoms with van der Waals surface area (Å²) in [6.07, 6.45) is 0. The molecule has 1 heterocycles. The third kappa shape index (κ3) is 2.07. The van der Waals surface area contributed by atoms with E-state index in [2.05, 4.69) is 76.6 Å². The van der Waals surface area contributed by atoms with Gasteiger partial charge in [-0.1, -0.05) is 64.5 Å². The van der Waals surface area contributed by atoms with Gasteiger partial charge >= 0.3 is 0 Å². The molecule has 1 aliphatic heterocycles. The molecule has 0 amide bonds. The molecule has 0 bridgehead atoms. The van der Waals surface area contributed by atoms with Crippen molar-refractivity contribution in [2.45, 2.75) is 0 Å². The SMILES string of the molecule is Brc1cccc(-c2ccc3c(c2)-c2cccc4cccc(c24)O3)c1. The molecule has 0 aliphatic carbocycles. The van der Waals surface area contributed by atoms with E-state index in [1.54, 1.807) is 0 Å². The maximum absolute atomic E-state index is 6.15. The molecule has 0 N–H and O–H groups in total. The van der Waals surface area contributed by atoms with E-state index in [0.29, 0.717) is 0 Å². The highest BCUT2D eigenvalue weighted by molar-refractivity contribution is 9.10. The predicted octanol–water partition coefficient (Wildman–Crippen LogP) is 7.04. The lowest BCUT2D eigenvalue weighted by atomic mass is 9.92.